The van der Waals surface area contributed by atoms with E-state index >= 15 is 0 Å². The second-order valence-electron chi connectivity index (χ2n) is 10.8. The lowest BCUT2D eigenvalue weighted by Gasteiger charge is -2.26. The maximum absolute atomic E-state index is 10.6. The van der Waals surface area contributed by atoms with Crippen molar-refractivity contribution < 1.29 is 22.3 Å². The van der Waals surface area contributed by atoms with Crippen LogP contribution in [0, 0.1) is 0 Å². The first kappa shape index (κ1) is 39.8. The van der Waals surface area contributed by atoms with Crippen LogP contribution in [-0.4, -0.2) is 35.7 Å². The van der Waals surface area contributed by atoms with E-state index in [1.807, 2.05) is 12.1 Å². The molecule has 0 saturated heterocycles. The maximum Gasteiger partial charge on any atom is 0.335 e. The molecule has 39 heavy (non-hydrogen) atoms. The van der Waals surface area contributed by atoms with E-state index < -0.39 is 13.2 Å². The van der Waals surface area contributed by atoms with Gasteiger partial charge in [0, 0.05) is 7.26 Å². The van der Waals surface area contributed by atoms with Crippen molar-refractivity contribution in [2.45, 2.75) is 119 Å². The first-order chi connectivity index (χ1) is 18.2. The number of carboxylic acids is 1. The highest BCUT2D eigenvalue weighted by molar-refractivity contribution is 7.75. The molecule has 0 saturated carbocycles. The van der Waals surface area contributed by atoms with Gasteiger partial charge < -0.3 is 17.5 Å². The molecule has 1 N–H and O–H groups in total. The molecule has 2 aromatic rings. The van der Waals surface area contributed by atoms with Crippen LogP contribution < -0.4 is 12.4 Å². The van der Waals surface area contributed by atoms with Gasteiger partial charge in [-0.1, -0.05) is 110 Å². The normalized spacial score (nSPS) is 12.1. The number of rotatable bonds is 15. The number of unbranched alkanes of at least 4 members (excludes halogenated alkanes) is 3. The highest BCUT2D eigenvalue weighted by atomic mass is 35.5. The zero-order chi connectivity index (χ0) is 28.8. The molecule has 4 heteroatoms. The van der Waals surface area contributed by atoms with Crippen molar-refractivity contribution in [2.75, 3.05) is 24.6 Å². The van der Waals surface area contributed by atoms with Gasteiger partial charge in [0.2, 0.25) is 0 Å². The molecule has 0 bridgehead atoms. The molecule has 0 fully saturated rings. The van der Waals surface area contributed by atoms with Crippen molar-refractivity contribution in [3.63, 3.8) is 0 Å². The monoisotopic (exact) mass is 578 g/mol. The largest absolute Gasteiger partial charge is 1.00 e. The van der Waals surface area contributed by atoms with E-state index in [1.165, 1.54) is 62.2 Å². The molecular formula is C35H60ClO2P. The Kier molecular flexibility index (Phi) is 24.9. The molecule has 2 atom stereocenters. The molecule has 0 heterocycles. The van der Waals surface area contributed by atoms with Crippen LogP contribution in [0.15, 0.2) is 54.6 Å². The van der Waals surface area contributed by atoms with Gasteiger partial charge in [0.1, 0.15) is 0 Å². The zero-order valence-corrected chi connectivity index (χ0v) is 28.2. The van der Waals surface area contributed by atoms with Gasteiger partial charge in [0.15, 0.2) is 0 Å². The molecule has 2 unspecified atom stereocenters. The number of carbonyl (C=O) groups is 1. The Labute approximate surface area is 249 Å². The quantitative estimate of drug-likeness (QED) is 0.215. The molecule has 2 rings (SSSR count). The number of benzene rings is 2. The fraction of sp³-hybridized carbons (Fsp3) is 0.629. The van der Waals surface area contributed by atoms with Gasteiger partial charge in [-0.25, -0.2) is 4.79 Å². The van der Waals surface area contributed by atoms with Crippen molar-refractivity contribution in [2.24, 2.45) is 0 Å². The minimum absolute atomic E-state index is 0. The average Bonchev–Trinajstić information content (AvgIpc) is 2.97. The molecule has 2 aromatic carbocycles. The average molecular weight is 579 g/mol. The molecule has 224 valence electrons. The first-order valence-electron chi connectivity index (χ1n) is 15.5. The van der Waals surface area contributed by atoms with Gasteiger partial charge >= 0.3 is 5.97 Å². The third kappa shape index (κ3) is 17.1. The van der Waals surface area contributed by atoms with Crippen molar-refractivity contribution in [1.29, 1.82) is 0 Å². The fourth-order valence-corrected chi connectivity index (χ4v) is 9.08. The van der Waals surface area contributed by atoms with Crippen LogP contribution in [-0.2, 0) is 0 Å². The summed E-state index contributed by atoms with van der Waals surface area (Å²) in [5, 5.41) is 8.67. The van der Waals surface area contributed by atoms with Crippen molar-refractivity contribution in [3.8, 4) is 0 Å². The number of carboxylic acid groups (broad SMARTS) is 1. The molecule has 0 aliphatic heterocycles. The summed E-state index contributed by atoms with van der Waals surface area (Å²) in [6, 6.07) is 17.7. The lowest BCUT2D eigenvalue weighted by atomic mass is 9.98. The summed E-state index contributed by atoms with van der Waals surface area (Å²) >= 11 is 0. The summed E-state index contributed by atoms with van der Waals surface area (Å²) in [7, 11) is -0.527. The van der Waals surface area contributed by atoms with E-state index in [9.17, 15) is 4.79 Å². The van der Waals surface area contributed by atoms with E-state index in [0.29, 0.717) is 17.4 Å². The summed E-state index contributed by atoms with van der Waals surface area (Å²) < 4.78 is 0. The summed E-state index contributed by atoms with van der Waals surface area (Å²) in [6.07, 6.45) is 17.2. The van der Waals surface area contributed by atoms with Crippen LogP contribution in [0.2, 0.25) is 0 Å². The van der Waals surface area contributed by atoms with Crippen LogP contribution in [0.1, 0.15) is 140 Å². The van der Waals surface area contributed by atoms with E-state index in [0.717, 1.165) is 6.42 Å². The van der Waals surface area contributed by atoms with Crippen molar-refractivity contribution >= 4 is 13.2 Å². The first-order valence-corrected chi connectivity index (χ1v) is 18.0. The molecule has 0 aromatic heterocycles. The minimum Gasteiger partial charge on any atom is -1.00 e. The molecule has 0 amide bonds. The molecule has 0 radical (unpaired) electrons. The number of aromatic carboxylic acids is 1. The van der Waals surface area contributed by atoms with Gasteiger partial charge in [0.25, 0.3) is 0 Å². The SMILES string of the molecule is CCC(C)c1ccc(C(=O)O)cc1.CCC(C)c1ccccc1.CCCC[P+](CC)(CCCC)CCCC.[Cl-]. The van der Waals surface area contributed by atoms with Crippen LogP contribution in [0.3, 0.4) is 0 Å². The summed E-state index contributed by atoms with van der Waals surface area (Å²) in [5.74, 6) is 0.347. The van der Waals surface area contributed by atoms with Gasteiger partial charge in [-0.05, 0) is 74.1 Å². The zero-order valence-electron chi connectivity index (χ0n) is 26.5. The number of hydrogen-bond donors (Lipinski definition) is 1. The molecule has 0 aliphatic carbocycles. The molecule has 0 aliphatic rings. The maximum atomic E-state index is 10.6. The highest BCUT2D eigenvalue weighted by Gasteiger charge is 2.32. The number of halogens is 1. The lowest BCUT2D eigenvalue weighted by molar-refractivity contribution is -0.0000239. The molecule has 0 spiro atoms. The van der Waals surface area contributed by atoms with Crippen molar-refractivity contribution in [3.05, 3.63) is 71.3 Å². The predicted octanol–water partition coefficient (Wildman–Crippen LogP) is 8.53. The summed E-state index contributed by atoms with van der Waals surface area (Å²) in [6.45, 7) is 18.2. The Hall–Kier alpha value is -1.37. The third-order valence-corrected chi connectivity index (χ3v) is 13.1. The van der Waals surface area contributed by atoms with Crippen LogP contribution in [0.5, 0.6) is 0 Å². The van der Waals surface area contributed by atoms with E-state index in [2.05, 4.69) is 85.7 Å². The lowest BCUT2D eigenvalue weighted by Crippen LogP contribution is -3.00. The van der Waals surface area contributed by atoms with Crippen LogP contribution in [0.4, 0.5) is 0 Å². The second-order valence-corrected chi connectivity index (χ2v) is 15.5. The Morgan fingerprint density at radius 2 is 1.05 bits per heavy atom. The van der Waals surface area contributed by atoms with Gasteiger partial charge in [-0.15, -0.1) is 0 Å². The smallest absolute Gasteiger partial charge is 0.335 e. The second kappa shape index (κ2) is 24.4. The van der Waals surface area contributed by atoms with Gasteiger partial charge in [0.05, 0.1) is 30.2 Å². The Morgan fingerprint density at radius 1 is 0.667 bits per heavy atom. The third-order valence-electron chi connectivity index (χ3n) is 7.95. The Morgan fingerprint density at radius 3 is 1.36 bits per heavy atom. The van der Waals surface area contributed by atoms with Gasteiger partial charge in [-0.2, -0.15) is 0 Å². The molecular weight excluding hydrogens is 519 g/mol. The van der Waals surface area contributed by atoms with Crippen molar-refractivity contribution in [1.82, 2.24) is 0 Å². The van der Waals surface area contributed by atoms with E-state index in [1.54, 1.807) is 30.6 Å². The minimum atomic E-state index is -0.865. The summed E-state index contributed by atoms with van der Waals surface area (Å²) in [4.78, 5) is 10.6. The Balaban J connectivity index is 0. The van der Waals surface area contributed by atoms with Crippen LogP contribution >= 0.6 is 7.26 Å². The summed E-state index contributed by atoms with van der Waals surface area (Å²) in [5.41, 5.74) is 3.00. The standard InChI is InChI=1S/C14H32P.C11H14O2.C10H14.ClH/c1-5-9-12-15(8-4,13-10-6-2)14-11-7-3;1-3-8(2)9-4-6-10(7-5-9)11(12)13;1-3-9(2)10-7-5-4-6-8-10;/h5-14H2,1-4H3;4-8H,3H2,1-2H3,(H,12,13);4-9H,3H2,1-2H3;1H/q+1;;;/p-1. The van der Waals surface area contributed by atoms with E-state index in [-0.39, 0.29) is 12.4 Å². The highest BCUT2D eigenvalue weighted by Crippen LogP contribution is 2.60. The van der Waals surface area contributed by atoms with Crippen LogP contribution in [0.25, 0.3) is 0 Å². The Bertz CT molecular complexity index is 801. The molecule has 2 nitrogen and oxygen atoms in total. The topological polar surface area (TPSA) is 37.3 Å². The number of hydrogen-bond acceptors (Lipinski definition) is 1. The fourth-order valence-electron chi connectivity index (χ4n) is 4.50. The van der Waals surface area contributed by atoms with E-state index in [4.69, 9.17) is 5.11 Å². The predicted molar refractivity (Wildman–Crippen MR) is 174 cm³/mol. The van der Waals surface area contributed by atoms with Gasteiger partial charge in [-0.3, -0.25) is 0 Å².